The highest BCUT2D eigenvalue weighted by atomic mass is 79.9. The van der Waals surface area contributed by atoms with E-state index in [2.05, 4.69) is 21.2 Å². The molecule has 0 unspecified atom stereocenters. The molecule has 0 aliphatic carbocycles. The molecule has 1 heterocycles. The van der Waals surface area contributed by atoms with E-state index in [0.717, 1.165) is 27.4 Å². The minimum absolute atomic E-state index is 0.193. The van der Waals surface area contributed by atoms with Crippen molar-refractivity contribution in [2.45, 2.75) is 20.4 Å². The van der Waals surface area contributed by atoms with Crippen molar-refractivity contribution in [1.82, 2.24) is 4.90 Å². The van der Waals surface area contributed by atoms with E-state index in [1.165, 1.54) is 4.90 Å². The third-order valence-electron chi connectivity index (χ3n) is 5.36. The first-order valence-electron chi connectivity index (χ1n) is 11.6. The number of nitrogens with one attached hydrogen (secondary N) is 1. The van der Waals surface area contributed by atoms with Gasteiger partial charge >= 0.3 is 0 Å². The van der Waals surface area contributed by atoms with E-state index < -0.39 is 0 Å². The first kappa shape index (κ1) is 26.5. The number of hydrogen-bond donors (Lipinski definition) is 1. The summed E-state index contributed by atoms with van der Waals surface area (Å²) in [4.78, 5) is 39.3. The van der Waals surface area contributed by atoms with Crippen LogP contribution in [0.3, 0.4) is 0 Å². The van der Waals surface area contributed by atoms with Crippen molar-refractivity contribution in [2.75, 3.05) is 18.5 Å². The van der Waals surface area contributed by atoms with Gasteiger partial charge in [0.2, 0.25) is 0 Å². The molecule has 37 heavy (non-hydrogen) atoms. The highest BCUT2D eigenvalue weighted by Gasteiger charge is 2.35. The number of anilines is 1. The van der Waals surface area contributed by atoms with Crippen LogP contribution in [0.5, 0.6) is 11.5 Å². The van der Waals surface area contributed by atoms with Crippen LogP contribution in [-0.2, 0) is 16.1 Å². The van der Waals surface area contributed by atoms with Gasteiger partial charge in [-0.2, -0.15) is 0 Å². The Morgan fingerprint density at radius 2 is 1.81 bits per heavy atom. The lowest BCUT2D eigenvalue weighted by Crippen LogP contribution is -2.27. The summed E-state index contributed by atoms with van der Waals surface area (Å²) in [6.45, 7) is 4.21. The number of halogens is 1. The number of ether oxygens (including phenoxy) is 2. The summed E-state index contributed by atoms with van der Waals surface area (Å²) in [7, 11) is 0. The molecule has 4 rings (SSSR count). The normalized spacial score (nSPS) is 14.2. The van der Waals surface area contributed by atoms with Crippen LogP contribution < -0.4 is 14.8 Å². The predicted molar refractivity (Wildman–Crippen MR) is 149 cm³/mol. The van der Waals surface area contributed by atoms with Crippen molar-refractivity contribution in [3.8, 4) is 11.5 Å². The van der Waals surface area contributed by atoms with E-state index in [-0.39, 0.29) is 30.2 Å². The molecule has 1 aliphatic rings. The molecule has 3 aromatic carbocycles. The molecule has 1 aliphatic heterocycles. The predicted octanol–water partition coefficient (Wildman–Crippen LogP) is 6.41. The number of imide groups is 1. The summed E-state index contributed by atoms with van der Waals surface area (Å²) in [6.07, 6.45) is 1.65. The second-order valence-electron chi connectivity index (χ2n) is 8.24. The Balaban J connectivity index is 1.44. The molecule has 0 spiro atoms. The van der Waals surface area contributed by atoms with Crippen LogP contribution in [0.25, 0.3) is 6.08 Å². The summed E-state index contributed by atoms with van der Waals surface area (Å²) >= 11 is 4.31. The lowest BCUT2D eigenvalue weighted by molar-refractivity contribution is -0.123. The van der Waals surface area contributed by atoms with Crippen LogP contribution in [-0.4, -0.2) is 35.2 Å². The minimum atomic E-state index is -0.346. The number of rotatable bonds is 9. The zero-order valence-corrected chi connectivity index (χ0v) is 22.7. The second kappa shape index (κ2) is 12.1. The summed E-state index contributed by atoms with van der Waals surface area (Å²) in [6, 6.07) is 20.1. The van der Waals surface area contributed by atoms with Gasteiger partial charge in [0.15, 0.2) is 18.1 Å². The minimum Gasteiger partial charge on any atom is -0.490 e. The van der Waals surface area contributed by atoms with Gasteiger partial charge in [0, 0.05) is 10.2 Å². The number of hydrogen-bond acceptors (Lipinski definition) is 6. The largest absolute Gasteiger partial charge is 0.490 e. The van der Waals surface area contributed by atoms with Gasteiger partial charge in [-0.15, -0.1) is 0 Å². The van der Waals surface area contributed by atoms with Gasteiger partial charge in [-0.05, 0) is 79.2 Å². The van der Waals surface area contributed by atoms with Crippen LogP contribution in [0.1, 0.15) is 23.6 Å². The van der Waals surface area contributed by atoms with E-state index in [9.17, 15) is 14.4 Å². The Labute approximate surface area is 228 Å². The van der Waals surface area contributed by atoms with E-state index in [1.54, 1.807) is 24.3 Å². The molecule has 1 fully saturated rings. The molecule has 0 bridgehead atoms. The SMILES string of the molecule is CCOc1cc(/C=C2\SC(=O)N(Cc3cccc(Br)c3)C2=O)ccc1OCC(=O)Nc1ccc(C)cc1. The zero-order valence-electron chi connectivity index (χ0n) is 20.3. The number of nitrogens with zero attached hydrogens (tertiary/aromatic N) is 1. The summed E-state index contributed by atoms with van der Waals surface area (Å²) in [5.74, 6) is 0.198. The fraction of sp³-hybridized carbons (Fsp3) is 0.179. The van der Waals surface area contributed by atoms with Crippen molar-refractivity contribution >= 4 is 56.5 Å². The summed E-state index contributed by atoms with van der Waals surface area (Å²) in [5, 5.41) is 2.47. The Kier molecular flexibility index (Phi) is 8.68. The third kappa shape index (κ3) is 7.02. The van der Waals surface area contributed by atoms with Gasteiger partial charge in [-0.1, -0.05) is 51.8 Å². The molecule has 7 nitrogen and oxygen atoms in total. The van der Waals surface area contributed by atoms with Gasteiger partial charge in [0.25, 0.3) is 17.1 Å². The van der Waals surface area contributed by atoms with Crippen LogP contribution in [0.2, 0.25) is 0 Å². The molecule has 9 heteroatoms. The molecule has 190 valence electrons. The smallest absolute Gasteiger partial charge is 0.293 e. The quantitative estimate of drug-likeness (QED) is 0.294. The van der Waals surface area contributed by atoms with E-state index in [4.69, 9.17) is 9.47 Å². The van der Waals surface area contributed by atoms with E-state index in [0.29, 0.717) is 34.3 Å². The topological polar surface area (TPSA) is 84.9 Å². The molecule has 0 radical (unpaired) electrons. The van der Waals surface area contributed by atoms with Crippen molar-refractivity contribution in [3.05, 3.63) is 92.8 Å². The van der Waals surface area contributed by atoms with Gasteiger partial charge in [0.1, 0.15) is 0 Å². The number of amides is 3. The fourth-order valence-corrected chi connectivity index (χ4v) is 4.87. The molecule has 3 aromatic rings. The molecule has 3 amide bonds. The molecule has 1 saturated heterocycles. The third-order valence-corrected chi connectivity index (χ3v) is 6.76. The Morgan fingerprint density at radius 1 is 1.03 bits per heavy atom. The maximum absolute atomic E-state index is 12.9. The number of aryl methyl sites for hydroxylation is 1. The average Bonchev–Trinajstić information content (AvgIpc) is 3.12. The lowest BCUT2D eigenvalue weighted by Gasteiger charge is -2.13. The van der Waals surface area contributed by atoms with Crippen LogP contribution in [0.4, 0.5) is 10.5 Å². The Morgan fingerprint density at radius 3 is 2.54 bits per heavy atom. The Bertz CT molecular complexity index is 1360. The number of carbonyl (C=O) groups excluding carboxylic acids is 3. The monoisotopic (exact) mass is 580 g/mol. The second-order valence-corrected chi connectivity index (χ2v) is 10.1. The maximum Gasteiger partial charge on any atom is 0.293 e. The van der Waals surface area contributed by atoms with Crippen molar-refractivity contribution in [1.29, 1.82) is 0 Å². The van der Waals surface area contributed by atoms with E-state index >= 15 is 0 Å². The molecule has 0 atom stereocenters. The fourth-order valence-electron chi connectivity index (χ4n) is 3.58. The summed E-state index contributed by atoms with van der Waals surface area (Å²) in [5.41, 5.74) is 3.32. The first-order valence-corrected chi connectivity index (χ1v) is 13.2. The van der Waals surface area contributed by atoms with Gasteiger partial charge in [-0.3, -0.25) is 19.3 Å². The van der Waals surface area contributed by atoms with Crippen LogP contribution >= 0.6 is 27.7 Å². The highest BCUT2D eigenvalue weighted by molar-refractivity contribution is 9.10. The first-order chi connectivity index (χ1) is 17.8. The number of benzene rings is 3. The van der Waals surface area contributed by atoms with Gasteiger partial charge < -0.3 is 14.8 Å². The van der Waals surface area contributed by atoms with Crippen molar-refractivity contribution in [3.63, 3.8) is 0 Å². The zero-order chi connectivity index (χ0) is 26.4. The van der Waals surface area contributed by atoms with Gasteiger partial charge in [-0.25, -0.2) is 0 Å². The maximum atomic E-state index is 12.9. The van der Waals surface area contributed by atoms with Crippen molar-refractivity contribution in [2.24, 2.45) is 0 Å². The average molecular weight is 581 g/mol. The molecular weight excluding hydrogens is 556 g/mol. The van der Waals surface area contributed by atoms with Crippen molar-refractivity contribution < 1.29 is 23.9 Å². The molecule has 0 saturated carbocycles. The molecule has 1 N–H and O–H groups in total. The number of thioether (sulfide) groups is 1. The molecular formula is C28H25BrN2O5S. The lowest BCUT2D eigenvalue weighted by atomic mass is 10.1. The van der Waals surface area contributed by atoms with Crippen LogP contribution in [0, 0.1) is 6.92 Å². The van der Waals surface area contributed by atoms with E-state index in [1.807, 2.05) is 62.4 Å². The molecule has 0 aromatic heterocycles. The Hall–Kier alpha value is -3.56. The summed E-state index contributed by atoms with van der Waals surface area (Å²) < 4.78 is 12.3. The number of carbonyl (C=O) groups is 3. The standard InChI is InChI=1S/C28H25BrN2O5S/c1-3-35-24-14-19(9-12-23(24)36-17-26(32)30-22-10-7-18(2)8-11-22)15-25-27(33)31(28(34)37-25)16-20-5-4-6-21(29)13-20/h4-15H,3,16-17H2,1-2H3,(H,30,32)/b25-15-. The highest BCUT2D eigenvalue weighted by Crippen LogP contribution is 2.35. The van der Waals surface area contributed by atoms with Crippen LogP contribution in [0.15, 0.2) is 76.1 Å². The van der Waals surface area contributed by atoms with Gasteiger partial charge in [0.05, 0.1) is 18.1 Å².